The Hall–Kier alpha value is -3.18. The van der Waals surface area contributed by atoms with E-state index in [2.05, 4.69) is 4.72 Å². The molecule has 5 heteroatoms. The number of benzene rings is 4. The van der Waals surface area contributed by atoms with Gasteiger partial charge < -0.3 is 0 Å². The molecule has 4 rings (SSSR count). The lowest BCUT2D eigenvalue weighted by Gasteiger charge is -2.12. The van der Waals surface area contributed by atoms with Crippen LogP contribution in [0, 0.1) is 6.92 Å². The van der Waals surface area contributed by atoms with Crippen molar-refractivity contribution in [2.24, 2.45) is 0 Å². The number of sulfonamides is 1. The molecule has 4 aromatic rings. The topological polar surface area (TPSA) is 63.2 Å². The standard InChI is InChI=1S/C22H17NO3S/c1-15-10-12-18(13-11-15)27(25,26)23-22(24)21-19-8-4-2-6-16(19)14-17-7-3-5-9-20(17)21/h2-14H,1H3,(H,23,24). The van der Waals surface area contributed by atoms with Gasteiger partial charge in [0.1, 0.15) is 0 Å². The molecule has 134 valence electrons. The lowest BCUT2D eigenvalue weighted by atomic mass is 9.96. The van der Waals surface area contributed by atoms with Crippen LogP contribution in [0.3, 0.4) is 0 Å². The third-order valence-electron chi connectivity index (χ3n) is 4.56. The van der Waals surface area contributed by atoms with E-state index < -0.39 is 15.9 Å². The van der Waals surface area contributed by atoms with Crippen LogP contribution in [0.2, 0.25) is 0 Å². The van der Waals surface area contributed by atoms with Crippen molar-refractivity contribution >= 4 is 37.5 Å². The van der Waals surface area contributed by atoms with Crippen molar-refractivity contribution in [3.05, 3.63) is 90.0 Å². The number of hydrogen-bond acceptors (Lipinski definition) is 3. The number of hydrogen-bond donors (Lipinski definition) is 1. The van der Waals surface area contributed by atoms with E-state index in [4.69, 9.17) is 0 Å². The Kier molecular flexibility index (Phi) is 4.16. The first kappa shape index (κ1) is 17.2. The van der Waals surface area contributed by atoms with Crippen molar-refractivity contribution in [3.8, 4) is 0 Å². The van der Waals surface area contributed by atoms with Gasteiger partial charge in [0.2, 0.25) is 0 Å². The van der Waals surface area contributed by atoms with Crippen LogP contribution in [0.5, 0.6) is 0 Å². The first-order chi connectivity index (χ1) is 13.0. The van der Waals surface area contributed by atoms with Crippen LogP contribution in [0.1, 0.15) is 15.9 Å². The SMILES string of the molecule is Cc1ccc(S(=O)(=O)NC(=O)c2c3ccccc3cc3ccccc23)cc1. The lowest BCUT2D eigenvalue weighted by molar-refractivity contribution is 0.0984. The van der Waals surface area contributed by atoms with E-state index in [1.54, 1.807) is 12.1 Å². The highest BCUT2D eigenvalue weighted by Crippen LogP contribution is 2.28. The molecule has 1 amide bonds. The maximum Gasteiger partial charge on any atom is 0.266 e. The van der Waals surface area contributed by atoms with E-state index in [1.807, 2.05) is 61.5 Å². The van der Waals surface area contributed by atoms with Gasteiger partial charge in [-0.15, -0.1) is 0 Å². The normalized spacial score (nSPS) is 11.6. The van der Waals surface area contributed by atoms with Crippen molar-refractivity contribution in [3.63, 3.8) is 0 Å². The molecule has 0 aromatic heterocycles. The Bertz CT molecular complexity index is 1220. The highest BCUT2D eigenvalue weighted by Gasteiger charge is 2.22. The summed E-state index contributed by atoms with van der Waals surface area (Å²) in [6, 6.07) is 23.3. The summed E-state index contributed by atoms with van der Waals surface area (Å²) in [7, 11) is -3.96. The molecule has 0 heterocycles. The Balaban J connectivity index is 1.85. The minimum Gasteiger partial charge on any atom is -0.268 e. The third-order valence-corrected chi connectivity index (χ3v) is 5.90. The maximum absolute atomic E-state index is 13.0. The number of fused-ring (bicyclic) bond motifs is 2. The van der Waals surface area contributed by atoms with E-state index >= 15 is 0 Å². The van der Waals surface area contributed by atoms with Gasteiger partial charge in [0.15, 0.2) is 0 Å². The first-order valence-electron chi connectivity index (χ1n) is 8.50. The van der Waals surface area contributed by atoms with Gasteiger partial charge in [0, 0.05) is 0 Å². The monoisotopic (exact) mass is 375 g/mol. The van der Waals surface area contributed by atoms with Crippen molar-refractivity contribution in [2.45, 2.75) is 11.8 Å². The van der Waals surface area contributed by atoms with Gasteiger partial charge in [-0.3, -0.25) is 4.79 Å². The Morgan fingerprint density at radius 2 is 1.30 bits per heavy atom. The highest BCUT2D eigenvalue weighted by molar-refractivity contribution is 7.90. The van der Waals surface area contributed by atoms with Gasteiger partial charge in [0.05, 0.1) is 10.5 Å². The van der Waals surface area contributed by atoms with Crippen LogP contribution in [-0.2, 0) is 10.0 Å². The lowest BCUT2D eigenvalue weighted by Crippen LogP contribution is -2.30. The smallest absolute Gasteiger partial charge is 0.266 e. The van der Waals surface area contributed by atoms with Crippen molar-refractivity contribution in [2.75, 3.05) is 0 Å². The fraction of sp³-hybridized carbons (Fsp3) is 0.0455. The largest absolute Gasteiger partial charge is 0.268 e. The summed E-state index contributed by atoms with van der Waals surface area (Å²) < 4.78 is 27.6. The molecule has 0 radical (unpaired) electrons. The fourth-order valence-corrected chi connectivity index (χ4v) is 4.17. The number of nitrogens with one attached hydrogen (secondary N) is 1. The predicted molar refractivity (Wildman–Crippen MR) is 107 cm³/mol. The van der Waals surface area contributed by atoms with Crippen LogP contribution in [0.15, 0.2) is 83.8 Å². The Labute approximate surface area is 157 Å². The third kappa shape index (κ3) is 3.17. The number of carbonyl (C=O) groups is 1. The Morgan fingerprint density at radius 1 is 0.778 bits per heavy atom. The quantitative estimate of drug-likeness (QED) is 0.539. The van der Waals surface area contributed by atoms with Crippen LogP contribution < -0.4 is 4.72 Å². The fourth-order valence-electron chi connectivity index (χ4n) is 3.21. The molecule has 0 bridgehead atoms. The summed E-state index contributed by atoms with van der Waals surface area (Å²) in [5.74, 6) is -0.636. The Morgan fingerprint density at radius 3 is 1.85 bits per heavy atom. The molecule has 0 fully saturated rings. The van der Waals surface area contributed by atoms with Crippen LogP contribution >= 0.6 is 0 Å². The van der Waals surface area contributed by atoms with Gasteiger partial charge in [-0.2, -0.15) is 0 Å². The molecule has 0 atom stereocenters. The molecule has 0 saturated heterocycles. The zero-order chi connectivity index (χ0) is 19.0. The minimum absolute atomic E-state index is 0.0611. The molecule has 4 aromatic carbocycles. The van der Waals surface area contributed by atoms with Crippen molar-refractivity contribution in [1.29, 1.82) is 0 Å². The van der Waals surface area contributed by atoms with E-state index in [-0.39, 0.29) is 4.90 Å². The summed E-state index contributed by atoms with van der Waals surface area (Å²) in [5, 5.41) is 3.20. The molecule has 0 saturated carbocycles. The average molecular weight is 375 g/mol. The van der Waals surface area contributed by atoms with E-state index in [1.165, 1.54) is 12.1 Å². The second kappa shape index (κ2) is 6.52. The summed E-state index contributed by atoms with van der Waals surface area (Å²) >= 11 is 0. The number of rotatable bonds is 3. The van der Waals surface area contributed by atoms with Gasteiger partial charge in [-0.25, -0.2) is 13.1 Å². The molecule has 0 unspecified atom stereocenters. The van der Waals surface area contributed by atoms with Gasteiger partial charge in [-0.05, 0) is 46.7 Å². The van der Waals surface area contributed by atoms with Crippen LogP contribution in [0.25, 0.3) is 21.5 Å². The van der Waals surface area contributed by atoms with Crippen LogP contribution in [-0.4, -0.2) is 14.3 Å². The first-order valence-corrected chi connectivity index (χ1v) is 9.98. The van der Waals surface area contributed by atoms with Crippen LogP contribution in [0.4, 0.5) is 0 Å². The zero-order valence-electron chi connectivity index (χ0n) is 14.6. The molecule has 0 aliphatic rings. The zero-order valence-corrected chi connectivity index (χ0v) is 15.5. The summed E-state index contributed by atoms with van der Waals surface area (Å²) in [4.78, 5) is 13.1. The molecule has 4 nitrogen and oxygen atoms in total. The number of amides is 1. The molecule has 0 aliphatic heterocycles. The van der Waals surface area contributed by atoms with Gasteiger partial charge >= 0.3 is 0 Å². The molecular formula is C22H17NO3S. The second-order valence-electron chi connectivity index (χ2n) is 6.44. The van der Waals surface area contributed by atoms with Gasteiger partial charge in [0.25, 0.3) is 15.9 Å². The van der Waals surface area contributed by atoms with E-state index in [0.717, 1.165) is 16.3 Å². The minimum atomic E-state index is -3.96. The number of carbonyl (C=O) groups excluding carboxylic acids is 1. The van der Waals surface area contributed by atoms with Crippen molar-refractivity contribution in [1.82, 2.24) is 4.72 Å². The van der Waals surface area contributed by atoms with Crippen molar-refractivity contribution < 1.29 is 13.2 Å². The summed E-state index contributed by atoms with van der Waals surface area (Å²) in [6.07, 6.45) is 0. The van der Waals surface area contributed by atoms with E-state index in [0.29, 0.717) is 16.3 Å². The summed E-state index contributed by atoms with van der Waals surface area (Å²) in [6.45, 7) is 1.87. The predicted octanol–water partition coefficient (Wildman–Crippen LogP) is 4.42. The molecule has 0 spiro atoms. The molecule has 27 heavy (non-hydrogen) atoms. The maximum atomic E-state index is 13.0. The molecular weight excluding hydrogens is 358 g/mol. The highest BCUT2D eigenvalue weighted by atomic mass is 32.2. The number of aryl methyl sites for hydroxylation is 1. The van der Waals surface area contributed by atoms with E-state index in [9.17, 15) is 13.2 Å². The average Bonchev–Trinajstić information content (AvgIpc) is 2.66. The summed E-state index contributed by atoms with van der Waals surface area (Å²) in [5.41, 5.74) is 1.31. The molecule has 0 aliphatic carbocycles. The molecule has 1 N–H and O–H groups in total. The van der Waals surface area contributed by atoms with Gasteiger partial charge in [-0.1, -0.05) is 66.2 Å². The second-order valence-corrected chi connectivity index (χ2v) is 8.12.